The van der Waals surface area contributed by atoms with E-state index in [9.17, 15) is 9.18 Å². The van der Waals surface area contributed by atoms with Crippen LogP contribution in [0, 0.1) is 5.82 Å². The Hall–Kier alpha value is -3.03. The molecule has 144 valence electrons. The summed E-state index contributed by atoms with van der Waals surface area (Å²) in [6.07, 6.45) is 0. The molecule has 7 heteroatoms. The van der Waals surface area contributed by atoms with Gasteiger partial charge in [0.1, 0.15) is 11.5 Å². The summed E-state index contributed by atoms with van der Waals surface area (Å²) in [5, 5.41) is 6.70. The van der Waals surface area contributed by atoms with Gasteiger partial charge in [-0.05, 0) is 23.8 Å². The van der Waals surface area contributed by atoms with Gasteiger partial charge in [-0.2, -0.15) is 0 Å². The smallest absolute Gasteiger partial charge is 0.294 e. The Kier molecular flexibility index (Phi) is 5.45. The fraction of sp³-hybridized carbons (Fsp3) is 0.238. The second-order valence-corrected chi connectivity index (χ2v) is 6.56. The molecule has 4 rings (SSSR count). The third kappa shape index (κ3) is 4.11. The fourth-order valence-electron chi connectivity index (χ4n) is 3.14. The minimum Gasteiger partial charge on any atom is -0.379 e. The maximum atomic E-state index is 13.9. The highest BCUT2D eigenvalue weighted by atomic mass is 19.1. The molecule has 0 radical (unpaired) electrons. The number of anilines is 1. The molecular formula is C21H20FN3O3. The zero-order valence-corrected chi connectivity index (χ0v) is 15.2. The number of carbonyl (C=O) groups excluding carboxylic acids is 1. The van der Waals surface area contributed by atoms with E-state index in [1.54, 1.807) is 18.2 Å². The predicted octanol–water partition coefficient (Wildman–Crippen LogP) is 3.57. The highest BCUT2D eigenvalue weighted by Gasteiger charge is 2.18. The Labute approximate surface area is 161 Å². The number of rotatable bonds is 5. The Morgan fingerprint density at radius 1 is 1.11 bits per heavy atom. The first kappa shape index (κ1) is 18.3. The summed E-state index contributed by atoms with van der Waals surface area (Å²) in [6.45, 7) is 3.86. The molecule has 1 aliphatic rings. The van der Waals surface area contributed by atoms with E-state index in [0.29, 0.717) is 18.9 Å². The summed E-state index contributed by atoms with van der Waals surface area (Å²) >= 11 is 0. The lowest BCUT2D eigenvalue weighted by molar-refractivity contribution is 0.0342. The van der Waals surface area contributed by atoms with Gasteiger partial charge in [0.15, 0.2) is 0 Å². The molecule has 1 aromatic heterocycles. The summed E-state index contributed by atoms with van der Waals surface area (Å²) in [7, 11) is 0. The first-order valence-electron chi connectivity index (χ1n) is 9.12. The Balaban J connectivity index is 1.49. The van der Waals surface area contributed by atoms with E-state index < -0.39 is 11.7 Å². The average Bonchev–Trinajstić information content (AvgIpc) is 3.21. The Morgan fingerprint density at radius 2 is 1.86 bits per heavy atom. The molecule has 2 aromatic carbocycles. The maximum Gasteiger partial charge on any atom is 0.294 e. The highest BCUT2D eigenvalue weighted by molar-refractivity contribution is 6.03. The van der Waals surface area contributed by atoms with Crippen LogP contribution in [-0.2, 0) is 11.3 Å². The molecule has 2 heterocycles. The van der Waals surface area contributed by atoms with E-state index in [2.05, 4.69) is 15.4 Å². The van der Waals surface area contributed by atoms with Crippen molar-refractivity contribution in [3.63, 3.8) is 0 Å². The number of aromatic nitrogens is 1. The van der Waals surface area contributed by atoms with Crippen molar-refractivity contribution in [1.29, 1.82) is 0 Å². The first-order chi connectivity index (χ1) is 13.7. The molecule has 0 atom stereocenters. The summed E-state index contributed by atoms with van der Waals surface area (Å²) in [6, 6.07) is 15.3. The van der Waals surface area contributed by atoms with Crippen molar-refractivity contribution < 1.29 is 18.4 Å². The largest absolute Gasteiger partial charge is 0.379 e. The third-order valence-corrected chi connectivity index (χ3v) is 4.65. The Morgan fingerprint density at radius 3 is 2.68 bits per heavy atom. The third-order valence-electron chi connectivity index (χ3n) is 4.65. The normalized spacial score (nSPS) is 14.8. The number of morpholine rings is 1. The second-order valence-electron chi connectivity index (χ2n) is 6.56. The number of amides is 1. The number of hydrogen-bond donors (Lipinski definition) is 1. The molecule has 1 amide bonds. The van der Waals surface area contributed by atoms with Crippen LogP contribution in [0.2, 0.25) is 0 Å². The highest BCUT2D eigenvalue weighted by Crippen LogP contribution is 2.23. The van der Waals surface area contributed by atoms with Gasteiger partial charge >= 0.3 is 0 Å². The van der Waals surface area contributed by atoms with E-state index in [4.69, 9.17) is 9.26 Å². The molecule has 0 bridgehead atoms. The molecule has 6 nitrogen and oxygen atoms in total. The van der Waals surface area contributed by atoms with Gasteiger partial charge in [-0.3, -0.25) is 9.69 Å². The number of para-hydroxylation sites is 1. The number of nitrogens with one attached hydrogen (secondary N) is 1. The van der Waals surface area contributed by atoms with Gasteiger partial charge in [0.2, 0.25) is 5.76 Å². The van der Waals surface area contributed by atoms with Gasteiger partial charge in [-0.15, -0.1) is 0 Å². The van der Waals surface area contributed by atoms with E-state index >= 15 is 0 Å². The monoisotopic (exact) mass is 381 g/mol. The molecule has 0 saturated carbocycles. The standard InChI is InChI=1S/C21H20FN3O3/c22-17-7-3-2-6-16(17)19-13-20(28-24-19)21(26)23-18-8-4-1-5-15(18)14-25-9-11-27-12-10-25/h1-8,13H,9-12,14H2,(H,23,26). The van der Waals surface area contributed by atoms with Crippen molar-refractivity contribution in [3.8, 4) is 11.3 Å². The average molecular weight is 381 g/mol. The van der Waals surface area contributed by atoms with E-state index in [0.717, 1.165) is 25.2 Å². The lowest BCUT2D eigenvalue weighted by Gasteiger charge is -2.27. The van der Waals surface area contributed by atoms with E-state index in [1.807, 2.05) is 24.3 Å². The van der Waals surface area contributed by atoms with E-state index in [-0.39, 0.29) is 17.0 Å². The van der Waals surface area contributed by atoms with Crippen LogP contribution in [0.25, 0.3) is 11.3 Å². The minimum absolute atomic E-state index is 0.0272. The van der Waals surface area contributed by atoms with E-state index in [1.165, 1.54) is 12.1 Å². The van der Waals surface area contributed by atoms with Crippen molar-refractivity contribution in [2.24, 2.45) is 0 Å². The summed E-state index contributed by atoms with van der Waals surface area (Å²) < 4.78 is 24.4. The zero-order valence-electron chi connectivity index (χ0n) is 15.2. The second kappa shape index (κ2) is 8.33. The molecule has 0 aliphatic carbocycles. The Bertz CT molecular complexity index is 967. The minimum atomic E-state index is -0.426. The SMILES string of the molecule is O=C(Nc1ccccc1CN1CCOCC1)c1cc(-c2ccccc2F)no1. The maximum absolute atomic E-state index is 13.9. The van der Waals surface area contributed by atoms with Crippen molar-refractivity contribution in [3.05, 3.63) is 71.7 Å². The van der Waals surface area contributed by atoms with Crippen LogP contribution in [0.15, 0.2) is 59.1 Å². The summed E-state index contributed by atoms with van der Waals surface area (Å²) in [5.41, 5.74) is 2.29. The van der Waals surface area contributed by atoms with Crippen LogP contribution in [0.1, 0.15) is 16.1 Å². The molecule has 1 saturated heterocycles. The predicted molar refractivity (Wildman–Crippen MR) is 102 cm³/mol. The lowest BCUT2D eigenvalue weighted by atomic mass is 10.1. The first-order valence-corrected chi connectivity index (χ1v) is 9.12. The van der Waals surface area contributed by atoms with Gasteiger partial charge in [0, 0.05) is 37.0 Å². The topological polar surface area (TPSA) is 67.6 Å². The van der Waals surface area contributed by atoms with Crippen LogP contribution in [0.3, 0.4) is 0 Å². The number of benzene rings is 2. The van der Waals surface area contributed by atoms with Gasteiger partial charge in [0.05, 0.1) is 13.2 Å². The molecule has 1 aliphatic heterocycles. The summed E-state index contributed by atoms with van der Waals surface area (Å²) in [5.74, 6) is -0.817. The van der Waals surface area contributed by atoms with Crippen LogP contribution < -0.4 is 5.32 Å². The molecule has 1 N–H and O–H groups in total. The van der Waals surface area contributed by atoms with Crippen LogP contribution in [-0.4, -0.2) is 42.3 Å². The van der Waals surface area contributed by atoms with Gasteiger partial charge in [-0.25, -0.2) is 4.39 Å². The molecule has 28 heavy (non-hydrogen) atoms. The van der Waals surface area contributed by atoms with Crippen LogP contribution >= 0.6 is 0 Å². The van der Waals surface area contributed by atoms with Crippen molar-refractivity contribution in [2.45, 2.75) is 6.54 Å². The quantitative estimate of drug-likeness (QED) is 0.732. The number of ether oxygens (including phenoxy) is 1. The number of hydrogen-bond acceptors (Lipinski definition) is 5. The lowest BCUT2D eigenvalue weighted by Crippen LogP contribution is -2.35. The van der Waals surface area contributed by atoms with Crippen molar-refractivity contribution >= 4 is 11.6 Å². The van der Waals surface area contributed by atoms with Crippen LogP contribution in [0.4, 0.5) is 10.1 Å². The van der Waals surface area contributed by atoms with Crippen molar-refractivity contribution in [2.75, 3.05) is 31.6 Å². The van der Waals surface area contributed by atoms with Crippen LogP contribution in [0.5, 0.6) is 0 Å². The number of carbonyl (C=O) groups is 1. The zero-order chi connectivity index (χ0) is 19.3. The molecule has 1 fully saturated rings. The van der Waals surface area contributed by atoms with Gasteiger partial charge < -0.3 is 14.6 Å². The fourth-order valence-corrected chi connectivity index (χ4v) is 3.14. The number of nitrogens with zero attached hydrogens (tertiary/aromatic N) is 2. The van der Waals surface area contributed by atoms with Gasteiger partial charge in [-0.1, -0.05) is 35.5 Å². The summed E-state index contributed by atoms with van der Waals surface area (Å²) in [4.78, 5) is 14.9. The molecule has 0 spiro atoms. The van der Waals surface area contributed by atoms with Gasteiger partial charge in [0.25, 0.3) is 5.91 Å². The molecular weight excluding hydrogens is 361 g/mol. The molecule has 3 aromatic rings. The number of halogens is 1. The van der Waals surface area contributed by atoms with Crippen molar-refractivity contribution in [1.82, 2.24) is 10.1 Å². The molecule has 0 unspecified atom stereocenters.